The van der Waals surface area contributed by atoms with Crippen molar-refractivity contribution in [3.8, 4) is 0 Å². The molecule has 0 radical (unpaired) electrons. The van der Waals surface area contributed by atoms with Gasteiger partial charge >= 0.3 is 5.97 Å². The largest absolute Gasteiger partial charge is 0.464 e. The molecule has 1 N–H and O–H groups in total. The molecule has 0 unspecified atom stereocenters. The van der Waals surface area contributed by atoms with Crippen LogP contribution in [0.3, 0.4) is 0 Å². The summed E-state index contributed by atoms with van der Waals surface area (Å²) in [5.41, 5.74) is 4.42. The van der Waals surface area contributed by atoms with Crippen LogP contribution in [-0.2, 0) is 11.2 Å². The fraction of sp³-hybridized carbons (Fsp3) is 0.188. The van der Waals surface area contributed by atoms with Crippen molar-refractivity contribution in [3.05, 3.63) is 57.6 Å². The van der Waals surface area contributed by atoms with Crippen LogP contribution in [0.5, 0.6) is 0 Å². The van der Waals surface area contributed by atoms with Crippen LogP contribution >= 0.6 is 11.6 Å². The van der Waals surface area contributed by atoms with Crippen molar-refractivity contribution in [1.29, 1.82) is 0 Å². The molecule has 0 saturated heterocycles. The summed E-state index contributed by atoms with van der Waals surface area (Å²) >= 11 is 5.79. The second kappa shape index (κ2) is 5.37. The number of aromatic amines is 1. The third-order valence-corrected chi connectivity index (χ3v) is 3.87. The van der Waals surface area contributed by atoms with Gasteiger partial charge < -0.3 is 9.72 Å². The maximum absolute atomic E-state index is 13.2. The van der Waals surface area contributed by atoms with E-state index in [-0.39, 0.29) is 11.0 Å². The highest BCUT2D eigenvalue weighted by molar-refractivity contribution is 6.30. The molecule has 0 aliphatic heterocycles. The van der Waals surface area contributed by atoms with Crippen molar-refractivity contribution in [2.75, 3.05) is 7.11 Å². The Kier molecular flexibility index (Phi) is 3.55. The molecular weight excluding hydrogens is 293 g/mol. The molecule has 0 spiro atoms. The van der Waals surface area contributed by atoms with Crippen molar-refractivity contribution in [2.24, 2.45) is 0 Å². The van der Waals surface area contributed by atoms with Crippen LogP contribution in [0, 0.1) is 5.82 Å². The van der Waals surface area contributed by atoms with Gasteiger partial charge in [0.15, 0.2) is 0 Å². The lowest BCUT2D eigenvalue weighted by Gasteiger charge is -2.00. The molecular formula is C16H13ClFNO2. The smallest absolute Gasteiger partial charge is 0.354 e. The van der Waals surface area contributed by atoms with Crippen molar-refractivity contribution in [2.45, 2.75) is 12.8 Å². The zero-order chi connectivity index (χ0) is 15.0. The molecule has 5 heteroatoms. The summed E-state index contributed by atoms with van der Waals surface area (Å²) < 4.78 is 17.9. The summed E-state index contributed by atoms with van der Waals surface area (Å²) in [5, 5.41) is 0.104. The number of rotatable bonds is 2. The maximum Gasteiger partial charge on any atom is 0.354 e. The Morgan fingerprint density at radius 2 is 2.19 bits per heavy atom. The van der Waals surface area contributed by atoms with E-state index in [4.69, 9.17) is 16.3 Å². The van der Waals surface area contributed by atoms with Crippen LogP contribution < -0.4 is 0 Å². The Labute approximate surface area is 126 Å². The van der Waals surface area contributed by atoms with Gasteiger partial charge in [-0.15, -0.1) is 0 Å². The number of carbonyl (C=O) groups excluding carboxylic acids is 1. The molecule has 1 aliphatic rings. The standard InChI is InChI=1S/C16H13ClFNO2/c1-21-16(20)15-8-11-10(3-5-14(11)19-15)6-9-2-4-13(18)12(17)7-9/h2,4,6-8,19H,3,5H2,1H3. The summed E-state index contributed by atoms with van der Waals surface area (Å²) in [7, 11) is 1.35. The van der Waals surface area contributed by atoms with Gasteiger partial charge in [0, 0.05) is 5.69 Å². The van der Waals surface area contributed by atoms with E-state index in [0.717, 1.165) is 35.2 Å². The monoisotopic (exact) mass is 305 g/mol. The molecule has 0 amide bonds. The number of nitrogens with one attached hydrogen (secondary N) is 1. The Morgan fingerprint density at radius 3 is 2.90 bits per heavy atom. The Balaban J connectivity index is 1.96. The summed E-state index contributed by atoms with van der Waals surface area (Å²) in [6, 6.07) is 6.42. The molecule has 0 saturated carbocycles. The second-order valence-corrected chi connectivity index (χ2v) is 5.32. The SMILES string of the molecule is COC(=O)c1cc2c([nH]1)CCC2=Cc1ccc(F)c(Cl)c1. The Morgan fingerprint density at radius 1 is 1.38 bits per heavy atom. The molecule has 3 rings (SSSR count). The van der Waals surface area contributed by atoms with E-state index in [1.165, 1.54) is 13.2 Å². The summed E-state index contributed by atoms with van der Waals surface area (Å²) in [5.74, 6) is -0.811. The van der Waals surface area contributed by atoms with Gasteiger partial charge in [0.25, 0.3) is 0 Å². The molecule has 0 fully saturated rings. The van der Waals surface area contributed by atoms with E-state index >= 15 is 0 Å². The van der Waals surface area contributed by atoms with Crippen LogP contribution in [0.4, 0.5) is 4.39 Å². The number of esters is 1. The van der Waals surface area contributed by atoms with Gasteiger partial charge in [-0.05, 0) is 47.7 Å². The van der Waals surface area contributed by atoms with Gasteiger partial charge in [0.1, 0.15) is 11.5 Å². The minimum absolute atomic E-state index is 0.104. The number of carbonyl (C=O) groups is 1. The minimum atomic E-state index is -0.430. The molecule has 0 bridgehead atoms. The predicted molar refractivity (Wildman–Crippen MR) is 79.7 cm³/mol. The number of hydrogen-bond donors (Lipinski definition) is 1. The predicted octanol–water partition coefficient (Wildman–Crippen LogP) is 4.08. The Hall–Kier alpha value is -2.07. The van der Waals surface area contributed by atoms with E-state index in [9.17, 15) is 9.18 Å². The van der Waals surface area contributed by atoms with Crippen LogP contribution in [0.1, 0.15) is 33.7 Å². The van der Waals surface area contributed by atoms with Crippen LogP contribution in [0.25, 0.3) is 11.6 Å². The summed E-state index contributed by atoms with van der Waals surface area (Å²) in [6.45, 7) is 0. The number of ether oxygens (including phenoxy) is 1. The van der Waals surface area contributed by atoms with E-state index < -0.39 is 5.82 Å². The molecule has 1 heterocycles. The number of H-pyrrole nitrogens is 1. The van der Waals surface area contributed by atoms with Gasteiger partial charge in [-0.25, -0.2) is 9.18 Å². The number of benzene rings is 1. The maximum atomic E-state index is 13.2. The third-order valence-electron chi connectivity index (χ3n) is 3.58. The average molecular weight is 306 g/mol. The van der Waals surface area contributed by atoms with Crippen molar-refractivity contribution in [1.82, 2.24) is 4.98 Å². The van der Waals surface area contributed by atoms with Gasteiger partial charge in [0.2, 0.25) is 0 Å². The zero-order valence-electron chi connectivity index (χ0n) is 11.4. The lowest BCUT2D eigenvalue weighted by molar-refractivity contribution is 0.0594. The van der Waals surface area contributed by atoms with Gasteiger partial charge in [0.05, 0.1) is 12.1 Å². The van der Waals surface area contributed by atoms with Crippen LogP contribution in [-0.4, -0.2) is 18.1 Å². The van der Waals surface area contributed by atoms with E-state index in [2.05, 4.69) is 4.98 Å². The summed E-state index contributed by atoms with van der Waals surface area (Å²) in [6.07, 6.45) is 3.68. The number of hydrogen-bond acceptors (Lipinski definition) is 2. The molecule has 1 aromatic heterocycles. The van der Waals surface area contributed by atoms with Gasteiger partial charge in [-0.2, -0.15) is 0 Å². The molecule has 108 valence electrons. The highest BCUT2D eigenvalue weighted by Gasteiger charge is 2.22. The molecule has 2 aromatic rings. The third kappa shape index (κ3) is 2.59. The number of methoxy groups -OCH3 is 1. The number of halogens is 2. The first-order chi connectivity index (χ1) is 10.1. The van der Waals surface area contributed by atoms with Crippen LogP contribution in [0.15, 0.2) is 24.3 Å². The number of fused-ring (bicyclic) bond motifs is 1. The number of allylic oxidation sites excluding steroid dienone is 1. The van der Waals surface area contributed by atoms with Gasteiger partial charge in [-0.1, -0.05) is 23.7 Å². The molecule has 1 aromatic carbocycles. The quantitative estimate of drug-likeness (QED) is 0.849. The molecule has 1 aliphatic carbocycles. The lowest BCUT2D eigenvalue weighted by atomic mass is 10.1. The van der Waals surface area contributed by atoms with Crippen LogP contribution in [0.2, 0.25) is 5.02 Å². The first-order valence-corrected chi connectivity index (χ1v) is 6.92. The molecule has 21 heavy (non-hydrogen) atoms. The highest BCUT2D eigenvalue weighted by Crippen LogP contribution is 2.34. The first-order valence-electron chi connectivity index (χ1n) is 6.54. The van der Waals surface area contributed by atoms with E-state index in [1.807, 2.05) is 6.08 Å². The number of aromatic nitrogens is 1. The second-order valence-electron chi connectivity index (χ2n) is 4.91. The number of aryl methyl sites for hydroxylation is 1. The molecule has 0 atom stereocenters. The van der Waals surface area contributed by atoms with Crippen molar-refractivity contribution in [3.63, 3.8) is 0 Å². The zero-order valence-corrected chi connectivity index (χ0v) is 12.1. The summed E-state index contributed by atoms with van der Waals surface area (Å²) in [4.78, 5) is 14.6. The molecule has 3 nitrogen and oxygen atoms in total. The fourth-order valence-corrected chi connectivity index (χ4v) is 2.74. The van der Waals surface area contributed by atoms with Gasteiger partial charge in [-0.3, -0.25) is 0 Å². The van der Waals surface area contributed by atoms with E-state index in [1.54, 1.807) is 18.2 Å². The van der Waals surface area contributed by atoms with Crippen molar-refractivity contribution < 1.29 is 13.9 Å². The lowest BCUT2D eigenvalue weighted by Crippen LogP contribution is -2.01. The first kappa shape index (κ1) is 13.9. The van der Waals surface area contributed by atoms with E-state index in [0.29, 0.717) is 5.69 Å². The fourth-order valence-electron chi connectivity index (χ4n) is 2.55. The Bertz CT molecular complexity index is 749. The normalized spacial score (nSPS) is 15.3. The highest BCUT2D eigenvalue weighted by atomic mass is 35.5. The van der Waals surface area contributed by atoms with Crippen molar-refractivity contribution >= 4 is 29.2 Å². The minimum Gasteiger partial charge on any atom is -0.464 e. The topological polar surface area (TPSA) is 42.1 Å². The average Bonchev–Trinajstić information content (AvgIpc) is 3.04.